The molecule has 1 amide bonds. The fraction of sp³-hybridized carbons (Fsp3) is 0.300. The van der Waals surface area contributed by atoms with Crippen molar-refractivity contribution < 1.29 is 24.5 Å². The van der Waals surface area contributed by atoms with Crippen molar-refractivity contribution in [1.29, 1.82) is 0 Å². The van der Waals surface area contributed by atoms with Gasteiger partial charge in [-0.3, -0.25) is 0 Å². The van der Waals surface area contributed by atoms with Crippen LogP contribution in [0.2, 0.25) is 0 Å². The molecule has 0 saturated carbocycles. The monoisotopic (exact) mass is 355 g/mol. The number of aliphatic hydroxyl groups excluding tert-OH is 1. The van der Waals surface area contributed by atoms with Gasteiger partial charge in [0, 0.05) is 12.5 Å². The quantitative estimate of drug-likeness (QED) is 0.710. The van der Waals surface area contributed by atoms with Gasteiger partial charge in [-0.15, -0.1) is 0 Å². The summed E-state index contributed by atoms with van der Waals surface area (Å²) in [4.78, 5) is 23.2. The molecule has 0 radical (unpaired) electrons. The number of alkyl carbamates (subject to hydrolysis) is 1. The molecule has 2 aromatic carbocycles. The van der Waals surface area contributed by atoms with Gasteiger partial charge in [0.15, 0.2) is 0 Å². The van der Waals surface area contributed by atoms with Gasteiger partial charge in [0.05, 0.1) is 0 Å². The first kappa shape index (κ1) is 17.9. The fourth-order valence-electron chi connectivity index (χ4n) is 3.34. The van der Waals surface area contributed by atoms with Gasteiger partial charge in [-0.05, 0) is 35.1 Å². The molecule has 0 heterocycles. The molecule has 0 saturated heterocycles. The molecule has 0 unspecified atom stereocenters. The maximum Gasteiger partial charge on any atom is 0.407 e. The number of ether oxygens (including phenoxy) is 1. The van der Waals surface area contributed by atoms with Crippen molar-refractivity contribution in [2.75, 3.05) is 13.2 Å². The number of carboxylic acids is 1. The van der Waals surface area contributed by atoms with E-state index in [2.05, 4.69) is 5.32 Å². The Morgan fingerprint density at radius 3 is 2.15 bits per heavy atom. The van der Waals surface area contributed by atoms with Gasteiger partial charge in [-0.2, -0.15) is 0 Å². The minimum absolute atomic E-state index is 0.0751. The molecular weight excluding hydrogens is 334 g/mol. The number of hydrogen-bond donors (Lipinski definition) is 3. The van der Waals surface area contributed by atoms with Gasteiger partial charge in [0.25, 0.3) is 0 Å². The fourth-order valence-corrected chi connectivity index (χ4v) is 3.34. The molecule has 2 aromatic rings. The zero-order valence-corrected chi connectivity index (χ0v) is 14.2. The molecule has 6 heteroatoms. The van der Waals surface area contributed by atoms with Crippen LogP contribution in [0.5, 0.6) is 0 Å². The van der Waals surface area contributed by atoms with Crippen LogP contribution >= 0.6 is 0 Å². The van der Waals surface area contributed by atoms with Crippen LogP contribution in [-0.4, -0.2) is 41.5 Å². The Morgan fingerprint density at radius 2 is 1.62 bits per heavy atom. The van der Waals surface area contributed by atoms with E-state index in [9.17, 15) is 9.59 Å². The van der Waals surface area contributed by atoms with Crippen LogP contribution in [0.3, 0.4) is 0 Å². The Hall–Kier alpha value is -2.86. The molecular formula is C20H21NO5. The van der Waals surface area contributed by atoms with E-state index in [0.717, 1.165) is 22.3 Å². The molecule has 26 heavy (non-hydrogen) atoms. The summed E-state index contributed by atoms with van der Waals surface area (Å²) >= 11 is 0. The zero-order chi connectivity index (χ0) is 18.5. The number of carbonyl (C=O) groups is 2. The summed E-state index contributed by atoms with van der Waals surface area (Å²) in [5.74, 6) is -1.22. The van der Waals surface area contributed by atoms with E-state index >= 15 is 0 Å². The highest BCUT2D eigenvalue weighted by molar-refractivity contribution is 5.81. The molecule has 6 nitrogen and oxygen atoms in total. The second-order valence-electron chi connectivity index (χ2n) is 6.23. The largest absolute Gasteiger partial charge is 0.480 e. The molecule has 0 aromatic heterocycles. The van der Waals surface area contributed by atoms with Crippen molar-refractivity contribution in [2.45, 2.75) is 24.8 Å². The summed E-state index contributed by atoms with van der Waals surface area (Å²) in [5, 5.41) is 20.3. The zero-order valence-electron chi connectivity index (χ0n) is 14.2. The van der Waals surface area contributed by atoms with Crippen molar-refractivity contribution in [3.63, 3.8) is 0 Å². The van der Waals surface area contributed by atoms with Gasteiger partial charge < -0.3 is 20.3 Å². The average molecular weight is 355 g/mol. The first-order valence-corrected chi connectivity index (χ1v) is 8.57. The molecule has 3 rings (SSSR count). The Bertz CT molecular complexity index is 759. The molecule has 136 valence electrons. The topological polar surface area (TPSA) is 95.9 Å². The summed E-state index contributed by atoms with van der Waals surface area (Å²) < 4.78 is 5.32. The van der Waals surface area contributed by atoms with Gasteiger partial charge in [-0.1, -0.05) is 48.5 Å². The van der Waals surface area contributed by atoms with Gasteiger partial charge in [0.1, 0.15) is 12.6 Å². The van der Waals surface area contributed by atoms with E-state index < -0.39 is 18.1 Å². The number of rotatable bonds is 7. The smallest absolute Gasteiger partial charge is 0.407 e. The number of aliphatic carboxylic acids is 1. The highest BCUT2D eigenvalue weighted by Gasteiger charge is 2.29. The molecule has 0 bridgehead atoms. The molecule has 0 aliphatic heterocycles. The van der Waals surface area contributed by atoms with Crippen LogP contribution in [-0.2, 0) is 9.53 Å². The van der Waals surface area contributed by atoms with E-state index in [-0.39, 0.29) is 25.6 Å². The molecule has 0 fully saturated rings. The van der Waals surface area contributed by atoms with Crippen molar-refractivity contribution in [3.05, 3.63) is 59.7 Å². The molecule has 3 N–H and O–H groups in total. The van der Waals surface area contributed by atoms with Crippen molar-refractivity contribution >= 4 is 12.1 Å². The number of fused-ring (bicyclic) bond motifs is 3. The van der Waals surface area contributed by atoms with Gasteiger partial charge >= 0.3 is 12.1 Å². The van der Waals surface area contributed by atoms with Gasteiger partial charge in [0.2, 0.25) is 0 Å². The molecule has 0 spiro atoms. The Labute approximate surface area is 151 Å². The van der Waals surface area contributed by atoms with E-state index in [1.165, 1.54) is 0 Å². The Kier molecular flexibility index (Phi) is 5.53. The van der Waals surface area contributed by atoms with Crippen molar-refractivity contribution in [3.8, 4) is 11.1 Å². The van der Waals surface area contributed by atoms with Crippen LogP contribution in [0.4, 0.5) is 4.79 Å². The second kappa shape index (κ2) is 8.01. The molecule has 1 aliphatic rings. The highest BCUT2D eigenvalue weighted by Crippen LogP contribution is 2.44. The summed E-state index contributed by atoms with van der Waals surface area (Å²) in [6.07, 6.45) is -0.325. The summed E-state index contributed by atoms with van der Waals surface area (Å²) in [7, 11) is 0. The third kappa shape index (κ3) is 3.70. The van der Waals surface area contributed by atoms with E-state index in [0.29, 0.717) is 6.42 Å². The number of aliphatic hydroxyl groups is 1. The van der Waals surface area contributed by atoms with Crippen LogP contribution in [0, 0.1) is 0 Å². The van der Waals surface area contributed by atoms with E-state index in [1.807, 2.05) is 48.5 Å². The SMILES string of the molecule is O=C(N[C@@H](CCCO)C(=O)O)OCC1c2ccccc2-c2ccccc21. The maximum atomic E-state index is 12.0. The lowest BCUT2D eigenvalue weighted by Crippen LogP contribution is -2.41. The first-order chi connectivity index (χ1) is 12.6. The molecule has 1 atom stereocenters. The number of nitrogens with one attached hydrogen (secondary N) is 1. The minimum atomic E-state index is -1.15. The summed E-state index contributed by atoms with van der Waals surface area (Å²) in [6.45, 7) is 0.00233. The summed E-state index contributed by atoms with van der Waals surface area (Å²) in [5.41, 5.74) is 4.44. The van der Waals surface area contributed by atoms with Crippen LogP contribution < -0.4 is 5.32 Å². The normalized spacial score (nSPS) is 13.6. The lowest BCUT2D eigenvalue weighted by molar-refractivity contribution is -0.139. The lowest BCUT2D eigenvalue weighted by atomic mass is 9.98. The number of carboxylic acid groups (broad SMARTS) is 1. The first-order valence-electron chi connectivity index (χ1n) is 8.57. The summed E-state index contributed by atoms with van der Waals surface area (Å²) in [6, 6.07) is 14.9. The Balaban J connectivity index is 1.68. The van der Waals surface area contributed by atoms with Gasteiger partial charge in [-0.25, -0.2) is 9.59 Å². The van der Waals surface area contributed by atoms with E-state index in [1.54, 1.807) is 0 Å². The van der Waals surface area contributed by atoms with Crippen LogP contribution in [0.15, 0.2) is 48.5 Å². The standard InChI is InChI=1S/C20H21NO5/c22-11-5-10-18(19(23)24)21-20(25)26-12-17-15-8-3-1-6-13(15)14-7-2-4-9-16(14)17/h1-4,6-9,17-18,22H,5,10-12H2,(H,21,25)(H,23,24)/t18-/m0/s1. The number of hydrogen-bond acceptors (Lipinski definition) is 4. The van der Waals surface area contributed by atoms with E-state index in [4.69, 9.17) is 14.9 Å². The number of amides is 1. The highest BCUT2D eigenvalue weighted by atomic mass is 16.5. The maximum absolute atomic E-state index is 12.0. The lowest BCUT2D eigenvalue weighted by Gasteiger charge is -2.17. The predicted molar refractivity (Wildman–Crippen MR) is 95.9 cm³/mol. The third-order valence-electron chi connectivity index (χ3n) is 4.58. The average Bonchev–Trinajstić information content (AvgIpc) is 2.97. The van der Waals surface area contributed by atoms with Crippen molar-refractivity contribution in [2.24, 2.45) is 0 Å². The second-order valence-corrected chi connectivity index (χ2v) is 6.23. The minimum Gasteiger partial charge on any atom is -0.480 e. The third-order valence-corrected chi connectivity index (χ3v) is 4.58. The predicted octanol–water partition coefficient (Wildman–Crippen LogP) is 2.75. The number of benzene rings is 2. The molecule has 1 aliphatic carbocycles. The van der Waals surface area contributed by atoms with Crippen LogP contribution in [0.1, 0.15) is 29.9 Å². The van der Waals surface area contributed by atoms with Crippen LogP contribution in [0.25, 0.3) is 11.1 Å². The Morgan fingerprint density at radius 1 is 1.04 bits per heavy atom. The number of carbonyl (C=O) groups excluding carboxylic acids is 1. The van der Waals surface area contributed by atoms with Crippen molar-refractivity contribution in [1.82, 2.24) is 5.32 Å².